The second kappa shape index (κ2) is 5.36. The Morgan fingerprint density at radius 1 is 1.12 bits per heavy atom. The molecule has 1 saturated carbocycles. The quantitative estimate of drug-likeness (QED) is 0.750. The molecule has 2 unspecified atom stereocenters. The summed E-state index contributed by atoms with van der Waals surface area (Å²) in [4.78, 5) is 13.8. The average molecular weight is 239 g/mol. The van der Waals surface area contributed by atoms with Crippen LogP contribution in [0.25, 0.3) is 0 Å². The number of piperidine rings is 1. The molecule has 1 saturated heterocycles. The Labute approximate surface area is 104 Å². The topological polar surface area (TPSA) is 72.4 Å². The highest BCUT2D eigenvalue weighted by Crippen LogP contribution is 2.30. The highest BCUT2D eigenvalue weighted by Gasteiger charge is 2.34. The van der Waals surface area contributed by atoms with E-state index in [2.05, 4.69) is 11.8 Å². The van der Waals surface area contributed by atoms with Gasteiger partial charge in [0.1, 0.15) is 0 Å². The van der Waals surface area contributed by atoms with Gasteiger partial charge in [-0.3, -0.25) is 9.69 Å². The Hall–Kier alpha value is -0.610. The number of likely N-dealkylation sites (tertiary alicyclic amines) is 1. The summed E-state index contributed by atoms with van der Waals surface area (Å²) in [5.74, 6) is -0.0730. The molecule has 4 N–H and O–H groups in total. The third kappa shape index (κ3) is 2.99. The van der Waals surface area contributed by atoms with E-state index in [1.807, 2.05) is 0 Å². The van der Waals surface area contributed by atoms with Gasteiger partial charge in [-0.25, -0.2) is 0 Å². The molecule has 2 fully saturated rings. The SMILES string of the molecule is CC1CCC(C(N)=O)CN1C1CCC(N)CC1. The van der Waals surface area contributed by atoms with Gasteiger partial charge in [0, 0.05) is 24.7 Å². The minimum Gasteiger partial charge on any atom is -0.369 e. The fourth-order valence-electron chi connectivity index (χ4n) is 3.31. The molecule has 2 atom stereocenters. The highest BCUT2D eigenvalue weighted by atomic mass is 16.1. The smallest absolute Gasteiger partial charge is 0.221 e. The maximum Gasteiger partial charge on any atom is 0.221 e. The van der Waals surface area contributed by atoms with E-state index in [0.717, 1.165) is 32.2 Å². The lowest BCUT2D eigenvalue weighted by molar-refractivity contribution is -0.124. The lowest BCUT2D eigenvalue weighted by Crippen LogP contribution is -2.52. The lowest BCUT2D eigenvalue weighted by Gasteiger charge is -2.44. The summed E-state index contributed by atoms with van der Waals surface area (Å²) in [6, 6.07) is 1.59. The third-order valence-electron chi connectivity index (χ3n) is 4.54. The van der Waals surface area contributed by atoms with Crippen molar-refractivity contribution in [2.24, 2.45) is 17.4 Å². The Morgan fingerprint density at radius 3 is 2.35 bits per heavy atom. The van der Waals surface area contributed by atoms with Gasteiger partial charge in [-0.15, -0.1) is 0 Å². The van der Waals surface area contributed by atoms with Crippen LogP contribution in [0.15, 0.2) is 0 Å². The molecule has 2 aliphatic rings. The van der Waals surface area contributed by atoms with E-state index in [1.165, 1.54) is 12.8 Å². The van der Waals surface area contributed by atoms with E-state index in [1.54, 1.807) is 0 Å². The number of carbonyl (C=O) groups excluding carboxylic acids is 1. The van der Waals surface area contributed by atoms with Crippen LogP contribution in [0.5, 0.6) is 0 Å². The Morgan fingerprint density at radius 2 is 1.76 bits per heavy atom. The maximum absolute atomic E-state index is 11.3. The van der Waals surface area contributed by atoms with Crippen molar-refractivity contribution in [2.45, 2.75) is 63.6 Å². The van der Waals surface area contributed by atoms with Gasteiger partial charge in [-0.1, -0.05) is 0 Å². The minimum atomic E-state index is -0.130. The predicted octanol–water partition coefficient (Wildman–Crippen LogP) is 0.842. The number of hydrogen-bond acceptors (Lipinski definition) is 3. The van der Waals surface area contributed by atoms with Crippen molar-refractivity contribution in [2.75, 3.05) is 6.54 Å². The van der Waals surface area contributed by atoms with Crippen molar-refractivity contribution < 1.29 is 4.79 Å². The van der Waals surface area contributed by atoms with Crippen LogP contribution in [-0.2, 0) is 4.79 Å². The van der Waals surface area contributed by atoms with Crippen molar-refractivity contribution in [3.8, 4) is 0 Å². The molecular weight excluding hydrogens is 214 g/mol. The third-order valence-corrected chi connectivity index (χ3v) is 4.54. The molecular formula is C13H25N3O. The van der Waals surface area contributed by atoms with Gasteiger partial charge in [-0.2, -0.15) is 0 Å². The molecule has 1 heterocycles. The van der Waals surface area contributed by atoms with Crippen LogP contribution in [0.3, 0.4) is 0 Å². The van der Waals surface area contributed by atoms with Crippen molar-refractivity contribution in [3.05, 3.63) is 0 Å². The summed E-state index contributed by atoms with van der Waals surface area (Å²) >= 11 is 0. The largest absolute Gasteiger partial charge is 0.369 e. The molecule has 0 aromatic carbocycles. The molecule has 98 valence electrons. The molecule has 0 aromatic heterocycles. The fourth-order valence-corrected chi connectivity index (χ4v) is 3.31. The molecule has 1 aliphatic heterocycles. The first-order chi connectivity index (χ1) is 8.08. The van der Waals surface area contributed by atoms with Crippen LogP contribution < -0.4 is 11.5 Å². The van der Waals surface area contributed by atoms with E-state index in [0.29, 0.717) is 18.1 Å². The minimum absolute atomic E-state index is 0.0572. The van der Waals surface area contributed by atoms with Crippen LogP contribution >= 0.6 is 0 Å². The first kappa shape index (κ1) is 12.8. The van der Waals surface area contributed by atoms with Crippen LogP contribution in [0.4, 0.5) is 0 Å². The molecule has 0 bridgehead atoms. The molecule has 0 aromatic rings. The first-order valence-corrected chi connectivity index (χ1v) is 6.88. The number of carbonyl (C=O) groups is 1. The Bertz CT molecular complexity index is 274. The summed E-state index contributed by atoms with van der Waals surface area (Å²) in [5.41, 5.74) is 11.4. The summed E-state index contributed by atoms with van der Waals surface area (Å²) in [6.45, 7) is 3.13. The number of nitrogens with two attached hydrogens (primary N) is 2. The first-order valence-electron chi connectivity index (χ1n) is 6.88. The Balaban J connectivity index is 1.95. The zero-order valence-electron chi connectivity index (χ0n) is 10.8. The van der Waals surface area contributed by atoms with Crippen LogP contribution in [0, 0.1) is 5.92 Å². The highest BCUT2D eigenvalue weighted by molar-refractivity contribution is 5.77. The second-order valence-electron chi connectivity index (χ2n) is 5.79. The van der Waals surface area contributed by atoms with E-state index in [9.17, 15) is 4.79 Å². The van der Waals surface area contributed by atoms with E-state index in [-0.39, 0.29) is 11.8 Å². The lowest BCUT2D eigenvalue weighted by atomic mass is 9.85. The maximum atomic E-state index is 11.3. The van der Waals surface area contributed by atoms with Crippen LogP contribution in [0.2, 0.25) is 0 Å². The fraction of sp³-hybridized carbons (Fsp3) is 0.923. The number of hydrogen-bond donors (Lipinski definition) is 2. The van der Waals surface area contributed by atoms with Gasteiger partial charge in [-0.05, 0) is 45.4 Å². The van der Waals surface area contributed by atoms with Crippen molar-refractivity contribution >= 4 is 5.91 Å². The number of rotatable bonds is 2. The predicted molar refractivity (Wildman–Crippen MR) is 68.3 cm³/mol. The van der Waals surface area contributed by atoms with E-state index >= 15 is 0 Å². The van der Waals surface area contributed by atoms with Gasteiger partial charge < -0.3 is 11.5 Å². The molecule has 17 heavy (non-hydrogen) atoms. The van der Waals surface area contributed by atoms with E-state index < -0.39 is 0 Å². The summed E-state index contributed by atoms with van der Waals surface area (Å²) < 4.78 is 0. The average Bonchev–Trinajstić information content (AvgIpc) is 2.31. The molecule has 4 nitrogen and oxygen atoms in total. The summed E-state index contributed by atoms with van der Waals surface area (Å²) in [5, 5.41) is 0. The van der Waals surface area contributed by atoms with E-state index in [4.69, 9.17) is 11.5 Å². The van der Waals surface area contributed by atoms with Crippen molar-refractivity contribution in [1.29, 1.82) is 0 Å². The summed E-state index contributed by atoms with van der Waals surface area (Å²) in [6.07, 6.45) is 6.65. The molecule has 2 rings (SSSR count). The summed E-state index contributed by atoms with van der Waals surface area (Å²) in [7, 11) is 0. The standard InChI is InChI=1S/C13H25N3O/c1-9-2-3-10(13(15)17)8-16(9)12-6-4-11(14)5-7-12/h9-12H,2-8,14H2,1H3,(H2,15,17). The zero-order chi connectivity index (χ0) is 12.4. The molecule has 0 radical (unpaired) electrons. The van der Waals surface area contributed by atoms with Gasteiger partial charge in [0.25, 0.3) is 0 Å². The van der Waals surface area contributed by atoms with Crippen LogP contribution in [0.1, 0.15) is 45.4 Å². The van der Waals surface area contributed by atoms with Gasteiger partial charge in [0.2, 0.25) is 5.91 Å². The normalized spacial score (nSPS) is 40.1. The van der Waals surface area contributed by atoms with Crippen LogP contribution in [-0.4, -0.2) is 35.5 Å². The zero-order valence-corrected chi connectivity index (χ0v) is 10.8. The Kier molecular flexibility index (Phi) is 4.05. The molecule has 1 aliphatic carbocycles. The van der Waals surface area contributed by atoms with Crippen molar-refractivity contribution in [1.82, 2.24) is 4.90 Å². The van der Waals surface area contributed by atoms with Gasteiger partial charge >= 0.3 is 0 Å². The molecule has 1 amide bonds. The van der Waals surface area contributed by atoms with Gasteiger partial charge in [0.05, 0.1) is 5.92 Å². The number of amides is 1. The molecule has 0 spiro atoms. The number of nitrogens with zero attached hydrogens (tertiary/aromatic N) is 1. The number of primary amides is 1. The van der Waals surface area contributed by atoms with Gasteiger partial charge in [0.15, 0.2) is 0 Å². The van der Waals surface area contributed by atoms with Crippen molar-refractivity contribution in [3.63, 3.8) is 0 Å². The molecule has 4 heteroatoms. The second-order valence-corrected chi connectivity index (χ2v) is 5.79. The monoisotopic (exact) mass is 239 g/mol.